The molecule has 2 rings (SSSR count). The number of nitrogens with two attached hydrogens (primary N) is 1. The Labute approximate surface area is 115 Å². The fraction of sp³-hybridized carbons (Fsp3) is 0.929. The predicted molar refractivity (Wildman–Crippen MR) is 74.9 cm³/mol. The van der Waals surface area contributed by atoms with Gasteiger partial charge < -0.3 is 21.1 Å². The number of hydrogen-bond acceptors (Lipinski definition) is 3. The number of rotatable bonds is 4. The lowest BCUT2D eigenvalue weighted by atomic mass is 9.94. The molecule has 2 fully saturated rings. The zero-order valence-electron chi connectivity index (χ0n) is 11.7. The van der Waals surface area contributed by atoms with Crippen molar-refractivity contribution in [1.29, 1.82) is 0 Å². The Bertz CT molecular complexity index is 274. The van der Waals surface area contributed by atoms with Crippen LogP contribution in [-0.4, -0.2) is 37.9 Å². The summed E-state index contributed by atoms with van der Waals surface area (Å²) in [6.07, 6.45) is 8.14. The summed E-state index contributed by atoms with van der Waals surface area (Å²) in [6, 6.07) is 0.277. The molecule has 5 nitrogen and oxygen atoms in total. The molecule has 0 spiro atoms. The molecule has 1 aliphatic carbocycles. The van der Waals surface area contributed by atoms with Gasteiger partial charge in [0.1, 0.15) is 0 Å². The molecule has 0 radical (unpaired) electrons. The van der Waals surface area contributed by atoms with E-state index >= 15 is 0 Å². The molecule has 1 saturated heterocycles. The Hall–Kier alpha value is -0.810. The molecule has 19 heavy (non-hydrogen) atoms. The number of carbonyl (C=O) groups excluding carboxylic acids is 1. The number of urea groups is 1. The summed E-state index contributed by atoms with van der Waals surface area (Å²) < 4.78 is 5.42. The van der Waals surface area contributed by atoms with Crippen LogP contribution >= 0.6 is 0 Å². The van der Waals surface area contributed by atoms with E-state index in [1.54, 1.807) is 0 Å². The van der Waals surface area contributed by atoms with E-state index in [1.165, 1.54) is 19.3 Å². The van der Waals surface area contributed by atoms with E-state index in [2.05, 4.69) is 10.6 Å². The number of carbonyl (C=O) groups is 1. The summed E-state index contributed by atoms with van der Waals surface area (Å²) in [6.45, 7) is 2.11. The molecule has 1 aliphatic heterocycles. The van der Waals surface area contributed by atoms with Gasteiger partial charge in [0.25, 0.3) is 0 Å². The summed E-state index contributed by atoms with van der Waals surface area (Å²) in [5.74, 6) is 0.378. The van der Waals surface area contributed by atoms with Gasteiger partial charge >= 0.3 is 6.03 Å². The van der Waals surface area contributed by atoms with Gasteiger partial charge in [-0.25, -0.2) is 4.79 Å². The fourth-order valence-electron chi connectivity index (χ4n) is 2.96. The molecular formula is C14H27N3O2. The lowest BCUT2D eigenvalue weighted by molar-refractivity contribution is 0.0452. The fourth-order valence-corrected chi connectivity index (χ4v) is 2.96. The average molecular weight is 269 g/mol. The van der Waals surface area contributed by atoms with Crippen LogP contribution in [0.4, 0.5) is 4.79 Å². The predicted octanol–water partition coefficient (Wildman–Crippen LogP) is 1.37. The van der Waals surface area contributed by atoms with Crippen molar-refractivity contribution < 1.29 is 9.53 Å². The van der Waals surface area contributed by atoms with Gasteiger partial charge in [0, 0.05) is 25.2 Å². The highest BCUT2D eigenvalue weighted by molar-refractivity contribution is 5.74. The Kier molecular flexibility index (Phi) is 5.92. The second-order valence-electron chi connectivity index (χ2n) is 5.83. The largest absolute Gasteiger partial charge is 0.381 e. The number of ether oxygens (including phenoxy) is 1. The van der Waals surface area contributed by atoms with Crippen molar-refractivity contribution in [2.24, 2.45) is 11.7 Å². The summed E-state index contributed by atoms with van der Waals surface area (Å²) in [4.78, 5) is 11.8. The van der Waals surface area contributed by atoms with Gasteiger partial charge in [0.15, 0.2) is 0 Å². The van der Waals surface area contributed by atoms with Gasteiger partial charge in [-0.3, -0.25) is 0 Å². The minimum Gasteiger partial charge on any atom is -0.381 e. The van der Waals surface area contributed by atoms with E-state index in [1.807, 2.05) is 0 Å². The Morgan fingerprint density at radius 1 is 1.21 bits per heavy atom. The smallest absolute Gasteiger partial charge is 0.315 e. The highest BCUT2D eigenvalue weighted by Gasteiger charge is 2.22. The van der Waals surface area contributed by atoms with Crippen molar-refractivity contribution >= 4 is 6.03 Å². The van der Waals surface area contributed by atoms with Crippen LogP contribution < -0.4 is 16.4 Å². The quantitative estimate of drug-likeness (QED) is 0.721. The van der Waals surface area contributed by atoms with Gasteiger partial charge in [-0.1, -0.05) is 19.3 Å². The van der Waals surface area contributed by atoms with Crippen LogP contribution in [0.25, 0.3) is 0 Å². The Morgan fingerprint density at radius 2 is 2.00 bits per heavy atom. The van der Waals surface area contributed by atoms with Crippen LogP contribution in [-0.2, 0) is 4.74 Å². The number of nitrogens with one attached hydrogen (secondary N) is 2. The van der Waals surface area contributed by atoms with Crippen molar-refractivity contribution in [1.82, 2.24) is 10.6 Å². The summed E-state index contributed by atoms with van der Waals surface area (Å²) in [7, 11) is 0. The molecule has 0 aromatic rings. The molecule has 0 aromatic heterocycles. The molecule has 2 aliphatic rings. The number of amides is 2. The SMILES string of the molecule is NC(CNC(=O)NC1CCCCC1)C1CCCOC1. The molecule has 5 heteroatoms. The van der Waals surface area contributed by atoms with Gasteiger partial charge in [-0.2, -0.15) is 0 Å². The molecule has 0 bridgehead atoms. The highest BCUT2D eigenvalue weighted by atomic mass is 16.5. The zero-order chi connectivity index (χ0) is 13.5. The Morgan fingerprint density at radius 3 is 2.68 bits per heavy atom. The normalized spacial score (nSPS) is 26.7. The van der Waals surface area contributed by atoms with Gasteiger partial charge in [0.2, 0.25) is 0 Å². The van der Waals surface area contributed by atoms with Crippen LogP contribution in [0.1, 0.15) is 44.9 Å². The van der Waals surface area contributed by atoms with Crippen LogP contribution in [0.3, 0.4) is 0 Å². The van der Waals surface area contributed by atoms with Gasteiger partial charge in [0.05, 0.1) is 6.61 Å². The van der Waals surface area contributed by atoms with Crippen molar-refractivity contribution in [3.8, 4) is 0 Å². The van der Waals surface area contributed by atoms with E-state index < -0.39 is 0 Å². The average Bonchev–Trinajstić information content (AvgIpc) is 2.47. The molecule has 2 atom stereocenters. The molecule has 4 N–H and O–H groups in total. The molecule has 1 heterocycles. The third kappa shape index (κ3) is 4.99. The van der Waals surface area contributed by atoms with E-state index in [0.717, 1.165) is 38.9 Å². The lowest BCUT2D eigenvalue weighted by Crippen LogP contribution is -2.49. The van der Waals surface area contributed by atoms with Gasteiger partial charge in [-0.05, 0) is 31.6 Å². The summed E-state index contributed by atoms with van der Waals surface area (Å²) in [5, 5.41) is 5.94. The zero-order valence-corrected chi connectivity index (χ0v) is 11.7. The van der Waals surface area contributed by atoms with Crippen LogP contribution in [0.5, 0.6) is 0 Å². The van der Waals surface area contributed by atoms with Crippen LogP contribution in [0.2, 0.25) is 0 Å². The third-order valence-electron chi connectivity index (χ3n) is 4.24. The van der Waals surface area contributed by atoms with Crippen LogP contribution in [0.15, 0.2) is 0 Å². The number of hydrogen-bond donors (Lipinski definition) is 3. The highest BCUT2D eigenvalue weighted by Crippen LogP contribution is 2.17. The van der Waals surface area contributed by atoms with E-state index in [4.69, 9.17) is 10.5 Å². The first-order chi connectivity index (χ1) is 9.25. The minimum absolute atomic E-state index is 0.00240. The lowest BCUT2D eigenvalue weighted by Gasteiger charge is -2.28. The minimum atomic E-state index is -0.0703. The maximum absolute atomic E-state index is 11.8. The van der Waals surface area contributed by atoms with Gasteiger partial charge in [-0.15, -0.1) is 0 Å². The van der Waals surface area contributed by atoms with Crippen molar-refractivity contribution in [3.05, 3.63) is 0 Å². The second kappa shape index (κ2) is 7.70. The third-order valence-corrected chi connectivity index (χ3v) is 4.24. The first-order valence-corrected chi connectivity index (χ1v) is 7.63. The molecule has 110 valence electrons. The maximum Gasteiger partial charge on any atom is 0.315 e. The molecular weight excluding hydrogens is 242 g/mol. The summed E-state index contributed by atoms with van der Waals surface area (Å²) >= 11 is 0. The molecule has 1 saturated carbocycles. The first-order valence-electron chi connectivity index (χ1n) is 7.63. The van der Waals surface area contributed by atoms with Crippen LogP contribution in [0, 0.1) is 5.92 Å². The first kappa shape index (κ1) is 14.6. The Balaban J connectivity index is 1.61. The van der Waals surface area contributed by atoms with Crippen molar-refractivity contribution in [3.63, 3.8) is 0 Å². The summed E-state index contributed by atoms with van der Waals surface area (Å²) in [5.41, 5.74) is 6.11. The van der Waals surface area contributed by atoms with Crippen molar-refractivity contribution in [2.45, 2.75) is 57.0 Å². The van der Waals surface area contributed by atoms with Crippen molar-refractivity contribution in [2.75, 3.05) is 19.8 Å². The second-order valence-corrected chi connectivity index (χ2v) is 5.83. The molecule has 0 aromatic carbocycles. The molecule has 2 unspecified atom stereocenters. The van der Waals surface area contributed by atoms with E-state index in [9.17, 15) is 4.79 Å². The molecule has 2 amide bonds. The standard InChI is InChI=1S/C14H27N3O2/c15-13(11-5-4-8-19-10-11)9-16-14(18)17-12-6-2-1-3-7-12/h11-13H,1-10,15H2,(H2,16,17,18). The van der Waals surface area contributed by atoms with E-state index in [-0.39, 0.29) is 12.1 Å². The monoisotopic (exact) mass is 269 g/mol. The maximum atomic E-state index is 11.8. The van der Waals surface area contributed by atoms with E-state index in [0.29, 0.717) is 18.5 Å². The topological polar surface area (TPSA) is 76.4 Å².